The zero-order valence-corrected chi connectivity index (χ0v) is 13.1. The summed E-state index contributed by atoms with van der Waals surface area (Å²) in [5.74, 6) is 0. The van der Waals surface area contributed by atoms with E-state index in [1.807, 2.05) is 30.3 Å². The molecule has 2 N–H and O–H groups in total. The Bertz CT molecular complexity index is 608. The third kappa shape index (κ3) is 3.65. The summed E-state index contributed by atoms with van der Waals surface area (Å²) in [6, 6.07) is 14.0. The fraction of sp³-hybridized carbons (Fsp3) is 0.353. The Hall–Kier alpha value is -1.46. The first-order chi connectivity index (χ1) is 10.7. The Balaban J connectivity index is 1.81. The number of halogens is 1. The number of pyridine rings is 1. The second kappa shape index (κ2) is 7.20. The molecule has 0 spiro atoms. The van der Waals surface area contributed by atoms with Crippen molar-refractivity contribution in [2.45, 2.75) is 25.2 Å². The molecule has 116 valence electrons. The van der Waals surface area contributed by atoms with Gasteiger partial charge in [0.25, 0.3) is 0 Å². The first-order valence-electron chi connectivity index (χ1n) is 7.50. The Kier molecular flexibility index (Phi) is 5.05. The van der Waals surface area contributed by atoms with Crippen LogP contribution < -0.4 is 5.32 Å². The molecule has 1 aliphatic rings. The highest BCUT2D eigenvalue weighted by atomic mass is 35.5. The van der Waals surface area contributed by atoms with Crippen LogP contribution in [0.5, 0.6) is 0 Å². The molecule has 1 saturated heterocycles. The number of nitrogens with one attached hydrogen (secondary N) is 1. The molecule has 3 rings (SSSR count). The molecule has 1 aliphatic heterocycles. The number of aliphatic hydroxyl groups excluding tert-OH is 1. The largest absolute Gasteiger partial charge is 0.390 e. The Labute approximate surface area is 135 Å². The van der Waals surface area contributed by atoms with Crippen LogP contribution in [0.4, 0.5) is 0 Å². The lowest BCUT2D eigenvalue weighted by Crippen LogP contribution is -2.42. The molecule has 1 aromatic carbocycles. The van der Waals surface area contributed by atoms with Crippen molar-refractivity contribution < 1.29 is 5.11 Å². The van der Waals surface area contributed by atoms with Gasteiger partial charge in [-0.25, -0.2) is 0 Å². The first kappa shape index (κ1) is 15.4. The second-order valence-electron chi connectivity index (χ2n) is 5.62. The molecule has 2 aromatic rings. The van der Waals surface area contributed by atoms with Gasteiger partial charge in [0.2, 0.25) is 0 Å². The summed E-state index contributed by atoms with van der Waals surface area (Å²) in [6.45, 7) is 2.79. The number of hydrogen-bond donors (Lipinski definition) is 2. The maximum Gasteiger partial charge on any atom is 0.0832 e. The zero-order valence-electron chi connectivity index (χ0n) is 12.3. The minimum atomic E-state index is -0.369. The van der Waals surface area contributed by atoms with E-state index >= 15 is 0 Å². The molecule has 1 fully saturated rings. The van der Waals surface area contributed by atoms with Gasteiger partial charge in [-0.05, 0) is 17.7 Å². The topological polar surface area (TPSA) is 48.4 Å². The van der Waals surface area contributed by atoms with Gasteiger partial charge in [0.1, 0.15) is 0 Å². The summed E-state index contributed by atoms with van der Waals surface area (Å²) in [4.78, 5) is 6.62. The Morgan fingerprint density at radius 3 is 2.64 bits per heavy atom. The lowest BCUT2D eigenvalue weighted by molar-refractivity contribution is 0.0723. The average Bonchev–Trinajstić information content (AvgIpc) is 2.96. The van der Waals surface area contributed by atoms with Gasteiger partial charge >= 0.3 is 0 Å². The van der Waals surface area contributed by atoms with E-state index in [1.54, 1.807) is 6.20 Å². The van der Waals surface area contributed by atoms with Crippen molar-refractivity contribution in [3.63, 3.8) is 0 Å². The number of hydrogen-bond acceptors (Lipinski definition) is 4. The molecule has 22 heavy (non-hydrogen) atoms. The minimum Gasteiger partial charge on any atom is -0.390 e. The molecule has 2 atom stereocenters. The molecular weight excluding hydrogens is 298 g/mol. The fourth-order valence-electron chi connectivity index (χ4n) is 2.86. The van der Waals surface area contributed by atoms with Crippen molar-refractivity contribution in [1.82, 2.24) is 15.2 Å². The van der Waals surface area contributed by atoms with Crippen LogP contribution in [-0.2, 0) is 13.1 Å². The van der Waals surface area contributed by atoms with E-state index in [2.05, 4.69) is 27.3 Å². The molecule has 0 bridgehead atoms. The summed E-state index contributed by atoms with van der Waals surface area (Å²) in [7, 11) is 0. The van der Waals surface area contributed by atoms with E-state index in [-0.39, 0.29) is 12.1 Å². The Morgan fingerprint density at radius 2 is 1.95 bits per heavy atom. The molecule has 0 saturated carbocycles. The van der Waals surface area contributed by atoms with Crippen molar-refractivity contribution in [3.05, 3.63) is 64.9 Å². The summed E-state index contributed by atoms with van der Waals surface area (Å²) in [5.41, 5.74) is 2.06. The molecule has 2 heterocycles. The van der Waals surface area contributed by atoms with E-state index in [1.165, 1.54) is 5.56 Å². The van der Waals surface area contributed by atoms with Crippen LogP contribution >= 0.6 is 11.6 Å². The third-order valence-electron chi connectivity index (χ3n) is 4.04. The minimum absolute atomic E-state index is 0.0679. The summed E-state index contributed by atoms with van der Waals surface area (Å²) < 4.78 is 0. The molecule has 0 unspecified atom stereocenters. The van der Waals surface area contributed by atoms with Gasteiger partial charge in [-0.1, -0.05) is 41.9 Å². The number of aliphatic hydroxyl groups is 1. The summed E-state index contributed by atoms with van der Waals surface area (Å²) in [5, 5.41) is 14.1. The quantitative estimate of drug-likeness (QED) is 0.886. The van der Waals surface area contributed by atoms with E-state index in [0.717, 1.165) is 18.8 Å². The normalized spacial score (nSPS) is 21.4. The highest BCUT2D eigenvalue weighted by molar-refractivity contribution is 6.31. The van der Waals surface area contributed by atoms with E-state index in [4.69, 9.17) is 11.6 Å². The molecule has 1 aromatic heterocycles. The molecule has 0 amide bonds. The van der Waals surface area contributed by atoms with Crippen LogP contribution in [0.25, 0.3) is 0 Å². The average molecular weight is 318 g/mol. The molecule has 5 heteroatoms. The number of nitrogens with zero attached hydrogens (tertiary/aromatic N) is 2. The van der Waals surface area contributed by atoms with Gasteiger partial charge < -0.3 is 10.4 Å². The third-order valence-corrected chi connectivity index (χ3v) is 4.38. The zero-order chi connectivity index (χ0) is 15.4. The van der Waals surface area contributed by atoms with Gasteiger partial charge in [0.15, 0.2) is 0 Å². The van der Waals surface area contributed by atoms with Crippen LogP contribution in [0.2, 0.25) is 5.02 Å². The van der Waals surface area contributed by atoms with Gasteiger partial charge in [0, 0.05) is 32.4 Å². The summed E-state index contributed by atoms with van der Waals surface area (Å²) >= 11 is 6.25. The number of rotatable bonds is 5. The standard InChI is InChI=1S/C17H20ClN3O/c18-14-7-4-8-20-15(14)12-21(16-9-19-10-17(16)22)11-13-5-2-1-3-6-13/h1-8,16-17,19,22H,9-12H2/t16-,17-/m1/s1. The first-order valence-corrected chi connectivity index (χ1v) is 7.88. The number of aromatic nitrogens is 1. The van der Waals surface area contributed by atoms with Gasteiger partial charge in [-0.3, -0.25) is 9.88 Å². The van der Waals surface area contributed by atoms with Gasteiger partial charge in [-0.2, -0.15) is 0 Å². The summed E-state index contributed by atoms with van der Waals surface area (Å²) in [6.07, 6.45) is 1.39. The van der Waals surface area contributed by atoms with Crippen molar-refractivity contribution in [2.24, 2.45) is 0 Å². The number of β-amino-alcohol motifs (C(OH)–C–C–N with tert-alkyl or cyclic N) is 1. The maximum atomic E-state index is 10.2. The van der Waals surface area contributed by atoms with Crippen LogP contribution in [0.3, 0.4) is 0 Å². The van der Waals surface area contributed by atoms with Crippen LogP contribution in [0.15, 0.2) is 48.7 Å². The van der Waals surface area contributed by atoms with E-state index in [0.29, 0.717) is 18.1 Å². The van der Waals surface area contributed by atoms with Crippen molar-refractivity contribution in [2.75, 3.05) is 13.1 Å². The monoisotopic (exact) mass is 317 g/mol. The van der Waals surface area contributed by atoms with E-state index in [9.17, 15) is 5.11 Å². The van der Waals surface area contributed by atoms with Crippen LogP contribution in [0, 0.1) is 0 Å². The smallest absolute Gasteiger partial charge is 0.0832 e. The van der Waals surface area contributed by atoms with Crippen LogP contribution in [-0.4, -0.2) is 40.2 Å². The fourth-order valence-corrected chi connectivity index (χ4v) is 3.04. The lowest BCUT2D eigenvalue weighted by atomic mass is 10.1. The van der Waals surface area contributed by atoms with Crippen molar-refractivity contribution in [3.8, 4) is 0 Å². The van der Waals surface area contributed by atoms with Crippen LogP contribution in [0.1, 0.15) is 11.3 Å². The van der Waals surface area contributed by atoms with Gasteiger partial charge in [0.05, 0.1) is 22.9 Å². The molecular formula is C17H20ClN3O. The van der Waals surface area contributed by atoms with Gasteiger partial charge in [-0.15, -0.1) is 0 Å². The van der Waals surface area contributed by atoms with Crippen molar-refractivity contribution in [1.29, 1.82) is 0 Å². The predicted octanol–water partition coefficient (Wildman–Crippen LogP) is 2.07. The maximum absolute atomic E-state index is 10.2. The van der Waals surface area contributed by atoms with Crippen molar-refractivity contribution >= 4 is 11.6 Å². The predicted molar refractivity (Wildman–Crippen MR) is 87.6 cm³/mol. The molecule has 0 aliphatic carbocycles. The highest BCUT2D eigenvalue weighted by Crippen LogP contribution is 2.20. The SMILES string of the molecule is O[C@@H]1CNC[C@H]1N(Cc1ccccc1)Cc1ncccc1Cl. The Morgan fingerprint density at radius 1 is 1.14 bits per heavy atom. The highest BCUT2D eigenvalue weighted by Gasteiger charge is 2.31. The number of benzene rings is 1. The molecule has 0 radical (unpaired) electrons. The van der Waals surface area contributed by atoms with E-state index < -0.39 is 0 Å². The lowest BCUT2D eigenvalue weighted by Gasteiger charge is -2.30. The molecule has 4 nitrogen and oxygen atoms in total. The second-order valence-corrected chi connectivity index (χ2v) is 6.02.